The minimum Gasteiger partial charge on any atom is -0.353 e. The van der Waals surface area contributed by atoms with Gasteiger partial charge in [0.25, 0.3) is 5.95 Å². The van der Waals surface area contributed by atoms with Crippen molar-refractivity contribution in [2.75, 3.05) is 36.4 Å². The van der Waals surface area contributed by atoms with Crippen LogP contribution in [-0.2, 0) is 0 Å². The molecule has 0 radical (unpaired) electrons. The third-order valence-corrected chi connectivity index (χ3v) is 5.26. The zero-order valence-corrected chi connectivity index (χ0v) is 19.1. The molecule has 0 unspecified atom stereocenters. The lowest BCUT2D eigenvalue weighted by atomic mass is 10.2. The molecule has 1 aliphatic rings. The zero-order chi connectivity index (χ0) is 23.2. The molecule has 1 aliphatic heterocycles. The Hall–Kier alpha value is -4.01. The lowest BCUT2D eigenvalue weighted by molar-refractivity contribution is 0.254. The Morgan fingerprint density at radius 1 is 0.939 bits per heavy atom. The van der Waals surface area contributed by atoms with E-state index in [2.05, 4.69) is 35.5 Å². The molecule has 4 rings (SSSR count). The second-order valence-electron chi connectivity index (χ2n) is 7.99. The zero-order valence-electron chi connectivity index (χ0n) is 19.1. The average molecular weight is 445 g/mol. The van der Waals surface area contributed by atoms with Crippen LogP contribution in [0.2, 0.25) is 0 Å². The van der Waals surface area contributed by atoms with Crippen molar-refractivity contribution in [1.29, 1.82) is 0 Å². The highest BCUT2D eigenvalue weighted by Crippen LogP contribution is 2.15. The molecule has 1 fully saturated rings. The summed E-state index contributed by atoms with van der Waals surface area (Å²) in [5.41, 5.74) is 3.48. The highest BCUT2D eigenvalue weighted by atomic mass is 16.2. The van der Waals surface area contributed by atoms with Gasteiger partial charge in [-0.1, -0.05) is 23.8 Å². The molecule has 33 heavy (non-hydrogen) atoms. The Bertz CT molecular complexity index is 1100. The Kier molecular flexibility index (Phi) is 6.77. The van der Waals surface area contributed by atoms with Crippen LogP contribution in [0.3, 0.4) is 0 Å². The van der Waals surface area contributed by atoms with E-state index in [0.29, 0.717) is 30.7 Å². The van der Waals surface area contributed by atoms with E-state index in [1.165, 1.54) is 0 Å². The number of carbonyl (C=O) groups is 1. The van der Waals surface area contributed by atoms with E-state index in [1.807, 2.05) is 74.2 Å². The number of guanidine groups is 1. The number of piperazine rings is 1. The third kappa shape index (κ3) is 6.03. The standard InChI is InChI=1S/C24H28N8O/c1-17-7-9-20(10-8-17)28-24(33)30-23(29-22-26-18(2)16-19(3)27-22)32-14-12-31(13-15-32)21-6-4-5-11-25-21/h4-11,16H,12-15H2,1-3H3,(H2,26,27,28,29,30,33). The molecule has 9 heteroatoms. The summed E-state index contributed by atoms with van der Waals surface area (Å²) in [6.07, 6.45) is 1.79. The number of nitrogens with one attached hydrogen (secondary N) is 2. The number of pyridine rings is 1. The number of amides is 2. The molecular formula is C24H28N8O. The third-order valence-electron chi connectivity index (χ3n) is 5.26. The number of hydrogen-bond acceptors (Lipinski definition) is 6. The maximum Gasteiger partial charge on any atom is 0.326 e. The molecule has 0 saturated carbocycles. The van der Waals surface area contributed by atoms with Crippen LogP contribution < -0.4 is 15.5 Å². The van der Waals surface area contributed by atoms with Crippen LogP contribution >= 0.6 is 0 Å². The van der Waals surface area contributed by atoms with Crippen molar-refractivity contribution in [2.45, 2.75) is 20.8 Å². The van der Waals surface area contributed by atoms with Crippen LogP contribution in [-0.4, -0.2) is 58.0 Å². The Morgan fingerprint density at radius 2 is 1.64 bits per heavy atom. The van der Waals surface area contributed by atoms with Gasteiger partial charge in [-0.3, -0.25) is 5.32 Å². The fourth-order valence-corrected chi connectivity index (χ4v) is 3.62. The first-order valence-electron chi connectivity index (χ1n) is 10.9. The van der Waals surface area contributed by atoms with Crippen molar-refractivity contribution in [3.63, 3.8) is 0 Å². The SMILES string of the molecule is Cc1ccc(NC(=O)N/C(=N/c2nc(C)cc(C)n2)N2CCN(c3ccccn3)CC2)cc1. The summed E-state index contributed by atoms with van der Waals surface area (Å²) in [6, 6.07) is 15.0. The number of nitrogens with zero attached hydrogens (tertiary/aromatic N) is 6. The molecule has 0 atom stereocenters. The van der Waals surface area contributed by atoms with E-state index < -0.39 is 0 Å². The Labute approximate surface area is 193 Å². The molecule has 0 bridgehead atoms. The number of hydrogen-bond donors (Lipinski definition) is 2. The van der Waals surface area contributed by atoms with E-state index in [-0.39, 0.29) is 6.03 Å². The van der Waals surface area contributed by atoms with Crippen molar-refractivity contribution in [2.24, 2.45) is 4.99 Å². The predicted octanol–water partition coefficient (Wildman–Crippen LogP) is 3.43. The fraction of sp³-hybridized carbons (Fsp3) is 0.292. The topological polar surface area (TPSA) is 98.6 Å². The van der Waals surface area contributed by atoms with Gasteiger partial charge in [-0.05, 0) is 51.1 Å². The first-order chi connectivity index (χ1) is 16.0. The maximum atomic E-state index is 12.8. The fourth-order valence-electron chi connectivity index (χ4n) is 3.62. The summed E-state index contributed by atoms with van der Waals surface area (Å²) in [6.45, 7) is 8.65. The van der Waals surface area contributed by atoms with Gasteiger partial charge in [0.05, 0.1) is 0 Å². The van der Waals surface area contributed by atoms with E-state index >= 15 is 0 Å². The molecule has 0 spiro atoms. The molecule has 1 aromatic carbocycles. The minimum atomic E-state index is -0.367. The van der Waals surface area contributed by atoms with E-state index in [9.17, 15) is 4.79 Å². The second-order valence-corrected chi connectivity index (χ2v) is 7.99. The molecule has 3 aromatic rings. The molecule has 2 aromatic heterocycles. The molecule has 170 valence electrons. The van der Waals surface area contributed by atoms with E-state index in [4.69, 9.17) is 0 Å². The number of rotatable bonds is 3. The lowest BCUT2D eigenvalue weighted by Gasteiger charge is -2.36. The van der Waals surface area contributed by atoms with Gasteiger partial charge in [0.2, 0.25) is 5.96 Å². The van der Waals surface area contributed by atoms with Gasteiger partial charge in [0, 0.05) is 49.5 Å². The van der Waals surface area contributed by atoms with Crippen molar-refractivity contribution in [3.8, 4) is 0 Å². The number of aromatic nitrogens is 3. The quantitative estimate of drug-likeness (QED) is 0.474. The summed E-state index contributed by atoms with van der Waals surface area (Å²) >= 11 is 0. The van der Waals surface area contributed by atoms with Gasteiger partial charge in [0.1, 0.15) is 5.82 Å². The Morgan fingerprint density at radius 3 is 2.27 bits per heavy atom. The van der Waals surface area contributed by atoms with Crippen molar-refractivity contribution in [3.05, 3.63) is 71.7 Å². The highest BCUT2D eigenvalue weighted by Gasteiger charge is 2.22. The number of urea groups is 1. The van der Waals surface area contributed by atoms with Crippen LogP contribution in [0.25, 0.3) is 0 Å². The van der Waals surface area contributed by atoms with Crippen molar-refractivity contribution in [1.82, 2.24) is 25.2 Å². The highest BCUT2D eigenvalue weighted by molar-refractivity contribution is 6.03. The van der Waals surface area contributed by atoms with Gasteiger partial charge >= 0.3 is 6.03 Å². The van der Waals surface area contributed by atoms with E-state index in [0.717, 1.165) is 35.9 Å². The van der Waals surface area contributed by atoms with Crippen LogP contribution in [0.1, 0.15) is 17.0 Å². The average Bonchev–Trinajstić information content (AvgIpc) is 2.80. The summed E-state index contributed by atoms with van der Waals surface area (Å²) in [5.74, 6) is 1.69. The molecule has 2 N–H and O–H groups in total. The number of carbonyl (C=O) groups excluding carboxylic acids is 1. The summed E-state index contributed by atoms with van der Waals surface area (Å²) < 4.78 is 0. The molecule has 0 aliphatic carbocycles. The number of aryl methyl sites for hydroxylation is 3. The van der Waals surface area contributed by atoms with Gasteiger partial charge in [-0.15, -0.1) is 0 Å². The van der Waals surface area contributed by atoms with Crippen LogP contribution in [0.15, 0.2) is 59.7 Å². The summed E-state index contributed by atoms with van der Waals surface area (Å²) in [5, 5.41) is 5.77. The maximum absolute atomic E-state index is 12.8. The van der Waals surface area contributed by atoms with Crippen LogP contribution in [0.5, 0.6) is 0 Å². The number of anilines is 2. The van der Waals surface area contributed by atoms with Gasteiger partial charge in [0.15, 0.2) is 0 Å². The molecule has 9 nitrogen and oxygen atoms in total. The molecular weight excluding hydrogens is 416 g/mol. The number of benzene rings is 1. The first-order valence-corrected chi connectivity index (χ1v) is 10.9. The number of aliphatic imine (C=N–C) groups is 1. The van der Waals surface area contributed by atoms with Gasteiger partial charge in [-0.2, -0.15) is 4.99 Å². The van der Waals surface area contributed by atoms with Crippen LogP contribution in [0, 0.1) is 20.8 Å². The van der Waals surface area contributed by atoms with Gasteiger partial charge in [-0.25, -0.2) is 19.7 Å². The van der Waals surface area contributed by atoms with Crippen molar-refractivity contribution >= 4 is 29.4 Å². The molecule has 1 saturated heterocycles. The monoisotopic (exact) mass is 444 g/mol. The normalized spacial score (nSPS) is 14.2. The second kappa shape index (κ2) is 10.1. The molecule has 2 amide bonds. The summed E-state index contributed by atoms with van der Waals surface area (Å²) in [4.78, 5) is 34.9. The Balaban J connectivity index is 1.52. The van der Waals surface area contributed by atoms with Crippen molar-refractivity contribution < 1.29 is 4.79 Å². The lowest BCUT2D eigenvalue weighted by Crippen LogP contribution is -2.54. The van der Waals surface area contributed by atoms with E-state index in [1.54, 1.807) is 6.20 Å². The van der Waals surface area contributed by atoms with Gasteiger partial charge < -0.3 is 15.1 Å². The predicted molar refractivity (Wildman–Crippen MR) is 130 cm³/mol. The largest absolute Gasteiger partial charge is 0.353 e. The minimum absolute atomic E-state index is 0.324. The first kappa shape index (κ1) is 22.2. The summed E-state index contributed by atoms with van der Waals surface area (Å²) in [7, 11) is 0. The molecule has 3 heterocycles. The van der Waals surface area contributed by atoms with Crippen LogP contribution in [0.4, 0.5) is 22.2 Å². The smallest absolute Gasteiger partial charge is 0.326 e.